The molecular formula is C15H11ClF3N3O. The minimum atomic E-state index is -4.53. The van der Waals surface area contributed by atoms with E-state index in [1.807, 2.05) is 0 Å². The highest BCUT2D eigenvalue weighted by Gasteiger charge is 2.33. The zero-order valence-corrected chi connectivity index (χ0v) is 12.6. The summed E-state index contributed by atoms with van der Waals surface area (Å²) in [5.41, 5.74) is 0.556. The van der Waals surface area contributed by atoms with Crippen LogP contribution in [0.3, 0.4) is 0 Å². The highest BCUT2D eigenvalue weighted by Crippen LogP contribution is 2.36. The summed E-state index contributed by atoms with van der Waals surface area (Å²) < 4.78 is 40.4. The van der Waals surface area contributed by atoms with Crippen LogP contribution in [-0.2, 0) is 13.2 Å². The van der Waals surface area contributed by atoms with E-state index in [0.29, 0.717) is 11.5 Å². The molecule has 1 heterocycles. The van der Waals surface area contributed by atoms with Gasteiger partial charge in [0.2, 0.25) is 5.95 Å². The van der Waals surface area contributed by atoms with Crippen molar-refractivity contribution >= 4 is 34.3 Å². The molecule has 8 heteroatoms. The molecule has 0 spiro atoms. The lowest BCUT2D eigenvalue weighted by Gasteiger charge is -2.12. The average Bonchev–Trinajstić information content (AvgIpc) is 2.75. The summed E-state index contributed by atoms with van der Waals surface area (Å²) in [6.07, 6.45) is -4.53. The molecule has 0 atom stereocenters. The van der Waals surface area contributed by atoms with Gasteiger partial charge in [-0.2, -0.15) is 13.2 Å². The minimum absolute atomic E-state index is 0.0630. The van der Waals surface area contributed by atoms with Gasteiger partial charge in [0.1, 0.15) is 5.75 Å². The molecule has 0 aliphatic rings. The molecule has 4 nitrogen and oxygen atoms in total. The Bertz CT molecular complexity index is 890. The largest absolute Gasteiger partial charge is 0.508 e. The molecule has 2 N–H and O–H groups in total. The SMILES string of the molecule is Cn1c(Nc2ccc(Cl)c(C(F)(F)F)c2)nc2cc(O)ccc21. The third kappa shape index (κ3) is 2.92. The van der Waals surface area contributed by atoms with Gasteiger partial charge in [0, 0.05) is 18.8 Å². The quantitative estimate of drug-likeness (QED) is 0.710. The number of phenols is 1. The molecule has 1 aromatic heterocycles. The summed E-state index contributed by atoms with van der Waals surface area (Å²) in [5, 5.41) is 11.9. The van der Waals surface area contributed by atoms with Crippen LogP contribution in [0.25, 0.3) is 11.0 Å². The van der Waals surface area contributed by atoms with Crippen molar-refractivity contribution in [2.75, 3.05) is 5.32 Å². The van der Waals surface area contributed by atoms with Crippen molar-refractivity contribution in [1.29, 1.82) is 0 Å². The number of fused-ring (bicyclic) bond motifs is 1. The van der Waals surface area contributed by atoms with Gasteiger partial charge in [-0.15, -0.1) is 0 Å². The number of aryl methyl sites for hydroxylation is 1. The zero-order chi connectivity index (χ0) is 16.8. The number of benzene rings is 2. The second-order valence-electron chi connectivity index (χ2n) is 4.98. The molecule has 0 saturated heterocycles. The van der Waals surface area contributed by atoms with Crippen molar-refractivity contribution in [2.24, 2.45) is 7.05 Å². The molecule has 0 aliphatic heterocycles. The first kappa shape index (κ1) is 15.5. The van der Waals surface area contributed by atoms with Gasteiger partial charge in [-0.1, -0.05) is 11.6 Å². The van der Waals surface area contributed by atoms with E-state index in [9.17, 15) is 18.3 Å². The second-order valence-corrected chi connectivity index (χ2v) is 5.39. The van der Waals surface area contributed by atoms with Crippen LogP contribution in [0.15, 0.2) is 36.4 Å². The Hall–Kier alpha value is -2.41. The van der Waals surface area contributed by atoms with E-state index in [4.69, 9.17) is 11.6 Å². The topological polar surface area (TPSA) is 50.1 Å². The van der Waals surface area contributed by atoms with E-state index in [1.54, 1.807) is 17.7 Å². The maximum Gasteiger partial charge on any atom is 0.417 e. The number of nitrogens with zero attached hydrogens (tertiary/aromatic N) is 2. The Morgan fingerprint density at radius 1 is 1.17 bits per heavy atom. The van der Waals surface area contributed by atoms with Crippen LogP contribution >= 0.6 is 11.6 Å². The molecule has 0 unspecified atom stereocenters. The summed E-state index contributed by atoms with van der Waals surface area (Å²) >= 11 is 5.60. The van der Waals surface area contributed by atoms with Gasteiger partial charge < -0.3 is 15.0 Å². The van der Waals surface area contributed by atoms with Gasteiger partial charge >= 0.3 is 6.18 Å². The van der Waals surface area contributed by atoms with Gasteiger partial charge in [-0.25, -0.2) is 4.98 Å². The smallest absolute Gasteiger partial charge is 0.417 e. The molecule has 0 bridgehead atoms. The van der Waals surface area contributed by atoms with Gasteiger partial charge in [0.05, 0.1) is 21.6 Å². The fourth-order valence-electron chi connectivity index (χ4n) is 2.25. The van der Waals surface area contributed by atoms with Crippen molar-refractivity contribution in [2.45, 2.75) is 6.18 Å². The molecule has 23 heavy (non-hydrogen) atoms. The molecule has 120 valence electrons. The Kier molecular flexibility index (Phi) is 3.60. The summed E-state index contributed by atoms with van der Waals surface area (Å²) in [6.45, 7) is 0. The number of rotatable bonds is 2. The average molecular weight is 342 g/mol. The molecular weight excluding hydrogens is 331 g/mol. The number of aromatic hydroxyl groups is 1. The molecule has 3 aromatic rings. The number of imidazole rings is 1. The molecule has 0 radical (unpaired) electrons. The van der Waals surface area contributed by atoms with Gasteiger partial charge in [-0.05, 0) is 30.3 Å². The number of anilines is 2. The zero-order valence-electron chi connectivity index (χ0n) is 11.8. The Morgan fingerprint density at radius 3 is 2.61 bits per heavy atom. The van der Waals surface area contributed by atoms with E-state index in [-0.39, 0.29) is 16.5 Å². The fourth-order valence-corrected chi connectivity index (χ4v) is 2.47. The number of alkyl halides is 3. The van der Waals surface area contributed by atoms with Crippen LogP contribution in [0.2, 0.25) is 5.02 Å². The second kappa shape index (κ2) is 5.34. The lowest BCUT2D eigenvalue weighted by Crippen LogP contribution is -2.07. The van der Waals surface area contributed by atoms with Crippen LogP contribution in [0, 0.1) is 0 Å². The molecule has 0 fully saturated rings. The Balaban J connectivity index is 2.01. The third-order valence-electron chi connectivity index (χ3n) is 3.39. The van der Waals surface area contributed by atoms with Crippen LogP contribution in [0.1, 0.15) is 5.56 Å². The highest BCUT2D eigenvalue weighted by molar-refractivity contribution is 6.31. The van der Waals surface area contributed by atoms with Gasteiger partial charge in [-0.3, -0.25) is 0 Å². The first-order valence-corrected chi connectivity index (χ1v) is 6.93. The standard InChI is InChI=1S/C15H11ClF3N3O/c1-22-13-5-3-9(23)7-12(13)21-14(22)20-8-2-4-11(16)10(6-8)15(17,18)19/h2-7,23H,1H3,(H,20,21). The molecule has 0 saturated carbocycles. The number of aromatic nitrogens is 2. The third-order valence-corrected chi connectivity index (χ3v) is 3.72. The maximum absolute atomic E-state index is 12.9. The normalized spacial score (nSPS) is 11.9. The predicted octanol–water partition coefficient (Wildman–Crippen LogP) is 4.69. The first-order chi connectivity index (χ1) is 10.8. The lowest BCUT2D eigenvalue weighted by atomic mass is 10.2. The van der Waals surface area contributed by atoms with E-state index in [2.05, 4.69) is 10.3 Å². The van der Waals surface area contributed by atoms with Crippen LogP contribution in [0.4, 0.5) is 24.8 Å². The monoisotopic (exact) mass is 341 g/mol. The van der Waals surface area contributed by atoms with Crippen molar-refractivity contribution in [3.05, 3.63) is 47.0 Å². The highest BCUT2D eigenvalue weighted by atomic mass is 35.5. The van der Waals surface area contributed by atoms with E-state index in [1.165, 1.54) is 24.3 Å². The summed E-state index contributed by atoms with van der Waals surface area (Å²) in [7, 11) is 1.72. The number of hydrogen-bond donors (Lipinski definition) is 2. The lowest BCUT2D eigenvalue weighted by molar-refractivity contribution is -0.137. The van der Waals surface area contributed by atoms with Crippen LogP contribution in [-0.4, -0.2) is 14.7 Å². The van der Waals surface area contributed by atoms with Gasteiger partial charge in [0.25, 0.3) is 0 Å². The van der Waals surface area contributed by atoms with Crippen molar-refractivity contribution in [3.63, 3.8) is 0 Å². The first-order valence-electron chi connectivity index (χ1n) is 6.55. The molecule has 0 amide bonds. The Labute approximate surface area is 134 Å². The van der Waals surface area contributed by atoms with Gasteiger partial charge in [0.15, 0.2) is 0 Å². The number of halogens is 4. The van der Waals surface area contributed by atoms with E-state index in [0.717, 1.165) is 11.6 Å². The maximum atomic E-state index is 12.9. The number of hydrogen-bond acceptors (Lipinski definition) is 3. The van der Waals surface area contributed by atoms with Crippen molar-refractivity contribution in [3.8, 4) is 5.75 Å². The van der Waals surface area contributed by atoms with E-state index >= 15 is 0 Å². The summed E-state index contributed by atoms with van der Waals surface area (Å²) in [6, 6.07) is 8.21. The Morgan fingerprint density at radius 2 is 1.91 bits per heavy atom. The molecule has 2 aromatic carbocycles. The summed E-state index contributed by atoms with van der Waals surface area (Å²) in [5.74, 6) is 0.411. The molecule has 3 rings (SSSR count). The van der Waals surface area contributed by atoms with Crippen molar-refractivity contribution < 1.29 is 18.3 Å². The fraction of sp³-hybridized carbons (Fsp3) is 0.133. The predicted molar refractivity (Wildman–Crippen MR) is 82.1 cm³/mol. The molecule has 0 aliphatic carbocycles. The van der Waals surface area contributed by atoms with Crippen molar-refractivity contribution in [1.82, 2.24) is 9.55 Å². The van der Waals surface area contributed by atoms with Crippen LogP contribution in [0.5, 0.6) is 5.75 Å². The van der Waals surface area contributed by atoms with E-state index < -0.39 is 11.7 Å². The summed E-state index contributed by atoms with van der Waals surface area (Å²) in [4.78, 5) is 4.26. The minimum Gasteiger partial charge on any atom is -0.508 e. The van der Waals surface area contributed by atoms with Crippen LogP contribution < -0.4 is 5.32 Å². The number of phenolic OH excluding ortho intramolecular Hbond substituents is 1. The number of nitrogens with one attached hydrogen (secondary N) is 1.